The molecule has 3 aromatic rings. The van der Waals surface area contributed by atoms with Crippen molar-refractivity contribution < 1.29 is 19.4 Å². The van der Waals surface area contributed by atoms with E-state index in [0.717, 1.165) is 4.88 Å². The number of nitrogens with one attached hydrogen (secondary N) is 2. The summed E-state index contributed by atoms with van der Waals surface area (Å²) >= 11 is 1.43. The third kappa shape index (κ3) is 6.28. The van der Waals surface area contributed by atoms with Gasteiger partial charge < -0.3 is 15.2 Å². The zero-order chi connectivity index (χ0) is 22.1. The van der Waals surface area contributed by atoms with E-state index >= 15 is 0 Å². The highest BCUT2D eigenvalue weighted by atomic mass is 32.1. The minimum Gasteiger partial charge on any atom is -0.507 e. The van der Waals surface area contributed by atoms with Gasteiger partial charge in [0, 0.05) is 16.0 Å². The summed E-state index contributed by atoms with van der Waals surface area (Å²) in [5, 5.41) is 18.4. The van der Waals surface area contributed by atoms with Gasteiger partial charge in [0.15, 0.2) is 0 Å². The molecule has 1 aromatic heterocycles. The van der Waals surface area contributed by atoms with Crippen LogP contribution >= 0.6 is 11.3 Å². The summed E-state index contributed by atoms with van der Waals surface area (Å²) in [6.45, 7) is 2.34. The maximum absolute atomic E-state index is 12.7. The summed E-state index contributed by atoms with van der Waals surface area (Å²) < 4.78 is 5.40. The molecule has 0 saturated heterocycles. The van der Waals surface area contributed by atoms with Gasteiger partial charge in [-0.2, -0.15) is 5.10 Å². The Morgan fingerprint density at radius 3 is 2.65 bits per heavy atom. The molecule has 7 nitrogen and oxygen atoms in total. The predicted molar refractivity (Wildman–Crippen MR) is 121 cm³/mol. The van der Waals surface area contributed by atoms with Gasteiger partial charge in [-0.1, -0.05) is 24.3 Å². The van der Waals surface area contributed by atoms with Gasteiger partial charge in [-0.25, -0.2) is 5.43 Å². The van der Waals surface area contributed by atoms with Crippen LogP contribution in [0.5, 0.6) is 11.5 Å². The fraction of sp³-hybridized carbons (Fsp3) is 0.0870. The van der Waals surface area contributed by atoms with E-state index in [1.165, 1.54) is 23.6 Å². The summed E-state index contributed by atoms with van der Waals surface area (Å²) in [5.41, 5.74) is 3.22. The number of aromatic hydroxyl groups is 1. The number of amides is 2. The van der Waals surface area contributed by atoms with Crippen LogP contribution in [-0.2, 0) is 4.79 Å². The van der Waals surface area contributed by atoms with Crippen LogP contribution in [0.1, 0.15) is 27.7 Å². The molecule has 0 fully saturated rings. The number of ether oxygens (including phenoxy) is 1. The van der Waals surface area contributed by atoms with E-state index in [9.17, 15) is 14.7 Å². The molecule has 3 N–H and O–H groups in total. The molecule has 1 heterocycles. The SMILES string of the molecule is CCOc1ccc(O)c(/C=N/NC(=O)/C(=C\c2cccs2)NC(=O)c2ccccc2)c1. The Hall–Kier alpha value is -3.91. The van der Waals surface area contributed by atoms with E-state index in [1.54, 1.807) is 48.5 Å². The second-order valence-corrected chi connectivity index (χ2v) is 7.23. The molecule has 0 aliphatic carbocycles. The van der Waals surface area contributed by atoms with Gasteiger partial charge in [0.2, 0.25) is 0 Å². The normalized spacial score (nSPS) is 11.3. The van der Waals surface area contributed by atoms with Gasteiger partial charge in [-0.3, -0.25) is 9.59 Å². The van der Waals surface area contributed by atoms with Gasteiger partial charge in [-0.05, 0) is 54.8 Å². The Labute approximate surface area is 183 Å². The molecule has 0 unspecified atom stereocenters. The van der Waals surface area contributed by atoms with E-state index in [-0.39, 0.29) is 11.4 Å². The first-order valence-corrected chi connectivity index (χ1v) is 10.4. The maximum atomic E-state index is 12.7. The molecule has 0 radical (unpaired) electrons. The van der Waals surface area contributed by atoms with Gasteiger partial charge in [0.05, 0.1) is 12.8 Å². The summed E-state index contributed by atoms with van der Waals surface area (Å²) in [6, 6.07) is 17.0. The van der Waals surface area contributed by atoms with Gasteiger partial charge in [0.1, 0.15) is 17.2 Å². The molecule has 0 saturated carbocycles. The minimum absolute atomic E-state index is 0.00631. The van der Waals surface area contributed by atoms with E-state index in [1.807, 2.05) is 24.4 Å². The average Bonchev–Trinajstić information content (AvgIpc) is 3.29. The average molecular weight is 436 g/mol. The number of benzene rings is 2. The molecule has 158 valence electrons. The number of nitrogens with zero attached hydrogens (tertiary/aromatic N) is 1. The summed E-state index contributed by atoms with van der Waals surface area (Å²) in [4.78, 5) is 26.0. The van der Waals surface area contributed by atoms with Crippen molar-refractivity contribution in [1.82, 2.24) is 10.7 Å². The number of carbonyl (C=O) groups excluding carboxylic acids is 2. The van der Waals surface area contributed by atoms with Crippen LogP contribution < -0.4 is 15.5 Å². The third-order valence-corrected chi connectivity index (χ3v) is 4.86. The molecule has 2 aromatic carbocycles. The van der Waals surface area contributed by atoms with Crippen molar-refractivity contribution in [3.8, 4) is 11.5 Å². The van der Waals surface area contributed by atoms with Gasteiger partial charge in [0.25, 0.3) is 11.8 Å². The van der Waals surface area contributed by atoms with Crippen molar-refractivity contribution in [3.05, 3.63) is 87.7 Å². The molecule has 3 rings (SSSR count). The molecule has 0 bridgehead atoms. The van der Waals surface area contributed by atoms with Crippen molar-refractivity contribution in [3.63, 3.8) is 0 Å². The number of phenols is 1. The molecule has 8 heteroatoms. The van der Waals surface area contributed by atoms with Crippen LogP contribution in [0.25, 0.3) is 6.08 Å². The predicted octanol–water partition coefficient (Wildman–Crippen LogP) is 3.77. The second-order valence-electron chi connectivity index (χ2n) is 6.25. The van der Waals surface area contributed by atoms with Crippen molar-refractivity contribution in [2.24, 2.45) is 5.10 Å². The summed E-state index contributed by atoms with van der Waals surface area (Å²) in [5.74, 6) is -0.450. The lowest BCUT2D eigenvalue weighted by atomic mass is 10.2. The molecule has 0 spiro atoms. The smallest absolute Gasteiger partial charge is 0.287 e. The highest BCUT2D eigenvalue weighted by Crippen LogP contribution is 2.21. The first-order chi connectivity index (χ1) is 15.1. The number of hydrogen-bond donors (Lipinski definition) is 3. The number of thiophene rings is 1. The Balaban J connectivity index is 1.75. The third-order valence-electron chi connectivity index (χ3n) is 4.04. The Bertz CT molecular complexity index is 1090. The molecular weight excluding hydrogens is 414 g/mol. The second kappa shape index (κ2) is 10.7. The van der Waals surface area contributed by atoms with E-state index < -0.39 is 11.8 Å². The molecule has 2 amide bonds. The van der Waals surface area contributed by atoms with Crippen LogP contribution in [0.3, 0.4) is 0 Å². The highest BCUT2D eigenvalue weighted by molar-refractivity contribution is 7.10. The van der Waals surface area contributed by atoms with Crippen molar-refractivity contribution in [2.75, 3.05) is 6.61 Å². The number of hydrazone groups is 1. The Kier molecular flexibility index (Phi) is 7.56. The van der Waals surface area contributed by atoms with E-state index in [4.69, 9.17) is 4.74 Å². The number of phenolic OH excluding ortho intramolecular Hbond substituents is 1. The first-order valence-electron chi connectivity index (χ1n) is 9.47. The molecule has 31 heavy (non-hydrogen) atoms. The number of carbonyl (C=O) groups is 2. The zero-order valence-electron chi connectivity index (χ0n) is 16.7. The molecule has 0 aliphatic rings. The van der Waals surface area contributed by atoms with E-state index in [2.05, 4.69) is 15.8 Å². The fourth-order valence-corrected chi connectivity index (χ4v) is 3.23. The lowest BCUT2D eigenvalue weighted by Crippen LogP contribution is -2.32. The lowest BCUT2D eigenvalue weighted by Gasteiger charge is -2.09. The monoisotopic (exact) mass is 435 g/mol. The maximum Gasteiger partial charge on any atom is 0.287 e. The number of hydrogen-bond acceptors (Lipinski definition) is 6. The summed E-state index contributed by atoms with van der Waals surface area (Å²) in [6.07, 6.45) is 2.88. The van der Waals surface area contributed by atoms with Crippen LogP contribution in [0.2, 0.25) is 0 Å². The van der Waals surface area contributed by atoms with Crippen molar-refractivity contribution in [2.45, 2.75) is 6.92 Å². The van der Waals surface area contributed by atoms with E-state index in [0.29, 0.717) is 23.5 Å². The standard InChI is InChI=1S/C23H21N3O4S/c1-2-30-18-10-11-21(27)17(13-18)15-24-26-23(29)20(14-19-9-6-12-31-19)25-22(28)16-7-4-3-5-8-16/h3-15,27H,2H2,1H3,(H,25,28)(H,26,29)/b20-14+,24-15+. The van der Waals surface area contributed by atoms with Gasteiger partial charge in [-0.15, -0.1) is 11.3 Å². The van der Waals surface area contributed by atoms with Gasteiger partial charge >= 0.3 is 0 Å². The van der Waals surface area contributed by atoms with Crippen molar-refractivity contribution in [1.29, 1.82) is 0 Å². The van der Waals surface area contributed by atoms with Crippen molar-refractivity contribution >= 4 is 35.4 Å². The zero-order valence-corrected chi connectivity index (χ0v) is 17.6. The highest BCUT2D eigenvalue weighted by Gasteiger charge is 2.14. The topological polar surface area (TPSA) is 100 Å². The Morgan fingerprint density at radius 1 is 1.13 bits per heavy atom. The van der Waals surface area contributed by atoms with Crippen LogP contribution in [0.15, 0.2) is 76.8 Å². The minimum atomic E-state index is -0.602. The molecule has 0 atom stereocenters. The first kappa shape index (κ1) is 21.8. The molecular formula is C23H21N3O4S. The quantitative estimate of drug-likeness (QED) is 0.285. The summed E-state index contributed by atoms with van der Waals surface area (Å²) in [7, 11) is 0. The largest absolute Gasteiger partial charge is 0.507 e. The Morgan fingerprint density at radius 2 is 1.94 bits per heavy atom. The van der Waals surface area contributed by atoms with Crippen LogP contribution in [0, 0.1) is 0 Å². The van der Waals surface area contributed by atoms with Crippen LogP contribution in [-0.4, -0.2) is 29.7 Å². The number of rotatable bonds is 8. The lowest BCUT2D eigenvalue weighted by molar-refractivity contribution is -0.117. The van der Waals surface area contributed by atoms with Crippen LogP contribution in [0.4, 0.5) is 0 Å². The molecule has 0 aliphatic heterocycles. The fourth-order valence-electron chi connectivity index (χ4n) is 2.57.